The van der Waals surface area contributed by atoms with E-state index in [0.717, 1.165) is 17.9 Å². The van der Waals surface area contributed by atoms with Crippen LogP contribution >= 0.6 is 0 Å². The number of hydrogen-bond acceptors (Lipinski definition) is 3. The van der Waals surface area contributed by atoms with Crippen LogP contribution in [0.4, 0.5) is 0 Å². The Morgan fingerprint density at radius 3 is 2.76 bits per heavy atom. The van der Waals surface area contributed by atoms with E-state index in [-0.39, 0.29) is 5.69 Å². The smallest absolute Gasteiger partial charge is 0.312 e. The molecule has 1 aromatic rings. The molecule has 0 aliphatic heterocycles. The SMILES string of the molecule is CCCC(C)NCCn1c(C)cc(C)nc1=O. The highest BCUT2D eigenvalue weighted by Gasteiger charge is 2.03. The van der Waals surface area contributed by atoms with E-state index in [4.69, 9.17) is 0 Å². The third-order valence-corrected chi connectivity index (χ3v) is 2.90. The average molecular weight is 237 g/mol. The normalized spacial score (nSPS) is 12.7. The lowest BCUT2D eigenvalue weighted by atomic mass is 10.2. The molecule has 0 spiro atoms. The van der Waals surface area contributed by atoms with E-state index < -0.39 is 0 Å². The summed E-state index contributed by atoms with van der Waals surface area (Å²) < 4.78 is 1.72. The first kappa shape index (κ1) is 13.9. The largest absolute Gasteiger partial charge is 0.347 e. The van der Waals surface area contributed by atoms with Crippen LogP contribution in [0.2, 0.25) is 0 Å². The van der Waals surface area contributed by atoms with Gasteiger partial charge in [0.15, 0.2) is 0 Å². The van der Waals surface area contributed by atoms with Gasteiger partial charge in [0, 0.05) is 30.5 Å². The molecular weight excluding hydrogens is 214 g/mol. The third kappa shape index (κ3) is 4.30. The van der Waals surface area contributed by atoms with Crippen molar-refractivity contribution in [2.75, 3.05) is 6.54 Å². The summed E-state index contributed by atoms with van der Waals surface area (Å²) in [6, 6.07) is 2.45. The van der Waals surface area contributed by atoms with E-state index in [1.54, 1.807) is 4.57 Å². The van der Waals surface area contributed by atoms with Gasteiger partial charge in [0.25, 0.3) is 0 Å². The number of hydrogen-bond donors (Lipinski definition) is 1. The third-order valence-electron chi connectivity index (χ3n) is 2.90. The van der Waals surface area contributed by atoms with Gasteiger partial charge >= 0.3 is 5.69 Å². The van der Waals surface area contributed by atoms with Crippen molar-refractivity contribution in [2.45, 2.75) is 53.1 Å². The van der Waals surface area contributed by atoms with Gasteiger partial charge in [0.2, 0.25) is 0 Å². The van der Waals surface area contributed by atoms with E-state index in [2.05, 4.69) is 24.1 Å². The minimum Gasteiger partial charge on any atom is -0.312 e. The molecule has 0 aliphatic rings. The first-order valence-corrected chi connectivity index (χ1v) is 6.33. The molecule has 0 saturated carbocycles. The van der Waals surface area contributed by atoms with Crippen molar-refractivity contribution in [3.63, 3.8) is 0 Å². The molecule has 0 saturated heterocycles. The van der Waals surface area contributed by atoms with Crippen molar-refractivity contribution >= 4 is 0 Å². The summed E-state index contributed by atoms with van der Waals surface area (Å²) in [4.78, 5) is 15.6. The van der Waals surface area contributed by atoms with Crippen LogP contribution in [0.5, 0.6) is 0 Å². The number of aryl methyl sites for hydroxylation is 2. The molecule has 1 atom stereocenters. The fourth-order valence-corrected chi connectivity index (χ4v) is 2.00. The predicted octanol–water partition coefficient (Wildman–Crippen LogP) is 1.64. The Kier molecular flexibility index (Phi) is 5.35. The molecule has 0 aliphatic carbocycles. The van der Waals surface area contributed by atoms with Gasteiger partial charge in [-0.15, -0.1) is 0 Å². The average Bonchev–Trinajstić information content (AvgIpc) is 2.22. The summed E-state index contributed by atoms with van der Waals surface area (Å²) in [6.45, 7) is 9.65. The lowest BCUT2D eigenvalue weighted by Crippen LogP contribution is -2.34. The zero-order chi connectivity index (χ0) is 12.8. The minimum atomic E-state index is -0.146. The molecule has 0 radical (unpaired) electrons. The Hall–Kier alpha value is -1.16. The minimum absolute atomic E-state index is 0.146. The van der Waals surface area contributed by atoms with E-state index in [1.807, 2.05) is 19.9 Å². The van der Waals surface area contributed by atoms with Crippen LogP contribution in [-0.4, -0.2) is 22.1 Å². The second-order valence-electron chi connectivity index (χ2n) is 4.62. The first-order valence-electron chi connectivity index (χ1n) is 6.33. The van der Waals surface area contributed by atoms with Crippen LogP contribution < -0.4 is 11.0 Å². The first-order chi connectivity index (χ1) is 8.04. The molecule has 4 heteroatoms. The summed E-state index contributed by atoms with van der Waals surface area (Å²) >= 11 is 0. The fourth-order valence-electron chi connectivity index (χ4n) is 2.00. The van der Waals surface area contributed by atoms with E-state index in [0.29, 0.717) is 12.6 Å². The standard InChI is InChI=1S/C13H23N3O/c1-5-6-10(2)14-7-8-16-12(4)9-11(3)15-13(16)17/h9-10,14H,5-8H2,1-4H3. The monoisotopic (exact) mass is 237 g/mol. The van der Waals surface area contributed by atoms with Crippen LogP contribution in [0.3, 0.4) is 0 Å². The fraction of sp³-hybridized carbons (Fsp3) is 0.692. The van der Waals surface area contributed by atoms with Crippen LogP contribution in [0.15, 0.2) is 10.9 Å². The van der Waals surface area contributed by atoms with Crippen LogP contribution in [-0.2, 0) is 6.54 Å². The van der Waals surface area contributed by atoms with Crippen molar-refractivity contribution in [1.29, 1.82) is 0 Å². The number of aromatic nitrogens is 2. The number of rotatable bonds is 6. The lowest BCUT2D eigenvalue weighted by molar-refractivity contribution is 0.476. The quantitative estimate of drug-likeness (QED) is 0.818. The zero-order valence-electron chi connectivity index (χ0n) is 11.3. The van der Waals surface area contributed by atoms with Gasteiger partial charge < -0.3 is 5.32 Å². The van der Waals surface area contributed by atoms with Gasteiger partial charge in [-0.1, -0.05) is 13.3 Å². The van der Waals surface area contributed by atoms with E-state index in [1.165, 1.54) is 12.8 Å². The van der Waals surface area contributed by atoms with Crippen LogP contribution in [0, 0.1) is 13.8 Å². The van der Waals surface area contributed by atoms with Gasteiger partial charge in [-0.25, -0.2) is 4.79 Å². The predicted molar refractivity (Wildman–Crippen MR) is 70.3 cm³/mol. The second-order valence-corrected chi connectivity index (χ2v) is 4.62. The van der Waals surface area contributed by atoms with Crippen LogP contribution in [0.1, 0.15) is 38.1 Å². The maximum Gasteiger partial charge on any atom is 0.347 e. The van der Waals surface area contributed by atoms with Crippen molar-refractivity contribution in [1.82, 2.24) is 14.9 Å². The molecule has 0 amide bonds. The molecule has 1 rings (SSSR count). The summed E-state index contributed by atoms with van der Waals surface area (Å²) in [5.74, 6) is 0. The molecular formula is C13H23N3O. The molecule has 1 unspecified atom stereocenters. The molecule has 1 aromatic heterocycles. The summed E-state index contributed by atoms with van der Waals surface area (Å²) in [5.41, 5.74) is 1.62. The molecule has 0 aromatic carbocycles. The van der Waals surface area contributed by atoms with E-state index >= 15 is 0 Å². The van der Waals surface area contributed by atoms with Gasteiger partial charge in [-0.3, -0.25) is 4.57 Å². The summed E-state index contributed by atoms with van der Waals surface area (Å²) in [7, 11) is 0. The zero-order valence-corrected chi connectivity index (χ0v) is 11.3. The van der Waals surface area contributed by atoms with Crippen LogP contribution in [0.25, 0.3) is 0 Å². The highest BCUT2D eigenvalue weighted by molar-refractivity contribution is 5.06. The molecule has 96 valence electrons. The summed E-state index contributed by atoms with van der Waals surface area (Å²) in [6.07, 6.45) is 2.35. The highest BCUT2D eigenvalue weighted by atomic mass is 16.1. The van der Waals surface area contributed by atoms with E-state index in [9.17, 15) is 4.79 Å². The molecule has 0 bridgehead atoms. The number of nitrogens with zero attached hydrogens (tertiary/aromatic N) is 2. The molecule has 4 nitrogen and oxygen atoms in total. The van der Waals surface area contributed by atoms with Crippen molar-refractivity contribution in [2.24, 2.45) is 0 Å². The molecule has 0 fully saturated rings. The second kappa shape index (κ2) is 6.55. The Labute approximate surface area is 103 Å². The topological polar surface area (TPSA) is 46.9 Å². The maximum atomic E-state index is 11.7. The van der Waals surface area contributed by atoms with Gasteiger partial charge in [-0.05, 0) is 33.3 Å². The molecule has 1 heterocycles. The van der Waals surface area contributed by atoms with Crippen molar-refractivity contribution in [3.8, 4) is 0 Å². The molecule has 1 N–H and O–H groups in total. The van der Waals surface area contributed by atoms with Gasteiger partial charge in [0.05, 0.1) is 0 Å². The van der Waals surface area contributed by atoms with Gasteiger partial charge in [0.1, 0.15) is 0 Å². The molecule has 17 heavy (non-hydrogen) atoms. The number of nitrogens with one attached hydrogen (secondary N) is 1. The maximum absolute atomic E-state index is 11.7. The Balaban J connectivity index is 2.55. The lowest BCUT2D eigenvalue weighted by Gasteiger charge is -2.14. The Bertz CT molecular complexity index is 412. The summed E-state index contributed by atoms with van der Waals surface area (Å²) in [5, 5.41) is 3.41. The highest BCUT2D eigenvalue weighted by Crippen LogP contribution is 1.97. The Morgan fingerprint density at radius 1 is 1.47 bits per heavy atom. The van der Waals surface area contributed by atoms with Gasteiger partial charge in [-0.2, -0.15) is 4.98 Å². The van der Waals surface area contributed by atoms with Crippen molar-refractivity contribution < 1.29 is 0 Å². The Morgan fingerprint density at radius 2 is 2.18 bits per heavy atom. The van der Waals surface area contributed by atoms with Crippen molar-refractivity contribution in [3.05, 3.63) is 27.9 Å².